The van der Waals surface area contributed by atoms with Crippen LogP contribution in [0.15, 0.2) is 60.7 Å². The predicted molar refractivity (Wildman–Crippen MR) is 83.1 cm³/mol. The smallest absolute Gasteiger partial charge is 0.410 e. The first-order valence-corrected chi connectivity index (χ1v) is 7.46. The van der Waals surface area contributed by atoms with E-state index in [2.05, 4.69) is 0 Å². The molecule has 0 unspecified atom stereocenters. The fraction of sp³-hybridized carbons (Fsp3) is 0.278. The maximum Gasteiger partial charge on any atom is 0.410 e. The second kappa shape index (κ2) is 6.62. The van der Waals surface area contributed by atoms with Crippen molar-refractivity contribution in [2.45, 2.75) is 25.2 Å². The third-order valence-electron chi connectivity index (χ3n) is 3.95. The Morgan fingerprint density at radius 3 is 2.41 bits per heavy atom. The Balaban J connectivity index is 1.68. The highest BCUT2D eigenvalue weighted by molar-refractivity contribution is 5.69. The summed E-state index contributed by atoms with van der Waals surface area (Å²) in [4.78, 5) is 14.0. The number of likely N-dealkylation sites (tertiary alicyclic amines) is 1. The lowest BCUT2D eigenvalue weighted by Crippen LogP contribution is -2.33. The molecular weight excluding hydrogens is 278 g/mol. The summed E-state index contributed by atoms with van der Waals surface area (Å²) in [5.41, 5.74) is 1.89. The Bertz CT molecular complexity index is 615. The van der Waals surface area contributed by atoms with Crippen molar-refractivity contribution in [1.29, 1.82) is 0 Å². The summed E-state index contributed by atoms with van der Waals surface area (Å²) < 4.78 is 5.39. The molecule has 1 fully saturated rings. The van der Waals surface area contributed by atoms with Crippen molar-refractivity contribution in [1.82, 2.24) is 4.90 Å². The Labute approximate surface area is 130 Å². The Morgan fingerprint density at radius 2 is 1.73 bits per heavy atom. The molecule has 3 rings (SSSR count). The second-order valence-corrected chi connectivity index (χ2v) is 5.45. The minimum Gasteiger partial charge on any atom is -0.445 e. The van der Waals surface area contributed by atoms with E-state index in [1.54, 1.807) is 4.90 Å². The Morgan fingerprint density at radius 1 is 1.09 bits per heavy atom. The number of aliphatic hydroxyl groups excluding tert-OH is 1. The first kappa shape index (κ1) is 14.6. The van der Waals surface area contributed by atoms with Crippen LogP contribution in [0, 0.1) is 0 Å². The minimum atomic E-state index is -0.549. The van der Waals surface area contributed by atoms with E-state index in [1.807, 2.05) is 60.7 Å². The van der Waals surface area contributed by atoms with Crippen molar-refractivity contribution < 1.29 is 14.6 Å². The number of nitrogens with zero attached hydrogens (tertiary/aromatic N) is 1. The van der Waals surface area contributed by atoms with Crippen LogP contribution < -0.4 is 0 Å². The van der Waals surface area contributed by atoms with E-state index >= 15 is 0 Å². The van der Waals surface area contributed by atoms with Crippen molar-refractivity contribution in [3.8, 4) is 0 Å². The van der Waals surface area contributed by atoms with E-state index < -0.39 is 6.10 Å². The van der Waals surface area contributed by atoms with Crippen LogP contribution in [0.2, 0.25) is 0 Å². The number of amides is 1. The minimum absolute atomic E-state index is 0.244. The van der Waals surface area contributed by atoms with Gasteiger partial charge in [0, 0.05) is 6.54 Å². The van der Waals surface area contributed by atoms with Gasteiger partial charge in [-0.05, 0) is 17.5 Å². The quantitative estimate of drug-likeness (QED) is 0.947. The van der Waals surface area contributed by atoms with Gasteiger partial charge in [-0.25, -0.2) is 4.79 Å². The highest BCUT2D eigenvalue weighted by Crippen LogP contribution is 2.32. The van der Waals surface area contributed by atoms with Crippen LogP contribution in [-0.2, 0) is 11.3 Å². The third kappa shape index (κ3) is 3.12. The largest absolute Gasteiger partial charge is 0.445 e. The zero-order valence-electron chi connectivity index (χ0n) is 12.3. The van der Waals surface area contributed by atoms with Gasteiger partial charge in [-0.3, -0.25) is 4.90 Å². The zero-order chi connectivity index (χ0) is 15.4. The van der Waals surface area contributed by atoms with Gasteiger partial charge in [-0.15, -0.1) is 0 Å². The maximum atomic E-state index is 12.3. The summed E-state index contributed by atoms with van der Waals surface area (Å²) in [6, 6.07) is 18.8. The summed E-state index contributed by atoms with van der Waals surface area (Å²) in [7, 11) is 0. The number of rotatable bonds is 3. The molecule has 0 saturated carbocycles. The number of hydrogen-bond acceptors (Lipinski definition) is 3. The van der Waals surface area contributed by atoms with Gasteiger partial charge in [0.15, 0.2) is 0 Å². The van der Waals surface area contributed by atoms with E-state index in [9.17, 15) is 9.90 Å². The number of hydrogen-bond donors (Lipinski definition) is 1. The highest BCUT2D eigenvalue weighted by Gasteiger charge is 2.37. The van der Waals surface area contributed by atoms with Crippen LogP contribution in [0.25, 0.3) is 0 Å². The molecule has 1 amide bonds. The van der Waals surface area contributed by atoms with E-state index in [-0.39, 0.29) is 18.7 Å². The number of benzene rings is 2. The molecule has 1 heterocycles. The fourth-order valence-electron chi connectivity index (χ4n) is 2.84. The summed E-state index contributed by atoms with van der Waals surface area (Å²) in [5, 5.41) is 10.2. The van der Waals surface area contributed by atoms with Crippen LogP contribution in [0.5, 0.6) is 0 Å². The molecule has 4 heteroatoms. The Kier molecular flexibility index (Phi) is 4.39. The molecule has 4 nitrogen and oxygen atoms in total. The summed E-state index contributed by atoms with van der Waals surface area (Å²) in [5.74, 6) is 0. The van der Waals surface area contributed by atoms with Crippen LogP contribution in [0.3, 0.4) is 0 Å². The van der Waals surface area contributed by atoms with Gasteiger partial charge in [0.1, 0.15) is 6.61 Å². The molecule has 114 valence electrons. The van der Waals surface area contributed by atoms with Gasteiger partial charge in [0.05, 0.1) is 12.1 Å². The first-order chi connectivity index (χ1) is 10.8. The molecule has 2 aromatic rings. The first-order valence-electron chi connectivity index (χ1n) is 7.46. The monoisotopic (exact) mass is 297 g/mol. The van der Waals surface area contributed by atoms with E-state index in [0.29, 0.717) is 13.0 Å². The average molecular weight is 297 g/mol. The van der Waals surface area contributed by atoms with Crippen molar-refractivity contribution in [3.05, 3.63) is 71.8 Å². The molecule has 1 aliphatic heterocycles. The van der Waals surface area contributed by atoms with Gasteiger partial charge in [0.25, 0.3) is 0 Å². The van der Waals surface area contributed by atoms with Crippen molar-refractivity contribution in [2.24, 2.45) is 0 Å². The molecule has 0 bridgehead atoms. The number of aliphatic hydroxyl groups is 1. The number of carbonyl (C=O) groups is 1. The summed E-state index contributed by atoms with van der Waals surface area (Å²) >= 11 is 0. The lowest BCUT2D eigenvalue weighted by atomic mass is 10.0. The summed E-state index contributed by atoms with van der Waals surface area (Å²) in [6.07, 6.45) is -0.360. The van der Waals surface area contributed by atoms with Crippen LogP contribution in [0.1, 0.15) is 23.6 Å². The van der Waals surface area contributed by atoms with E-state index in [0.717, 1.165) is 11.1 Å². The molecule has 0 spiro atoms. The highest BCUT2D eigenvalue weighted by atomic mass is 16.6. The Hall–Kier alpha value is -2.33. The van der Waals surface area contributed by atoms with Crippen molar-refractivity contribution in [2.75, 3.05) is 6.54 Å². The van der Waals surface area contributed by atoms with Crippen LogP contribution >= 0.6 is 0 Å². The third-order valence-corrected chi connectivity index (χ3v) is 3.95. The van der Waals surface area contributed by atoms with E-state index in [1.165, 1.54) is 0 Å². The molecule has 1 aliphatic rings. The molecule has 0 aromatic heterocycles. The topological polar surface area (TPSA) is 49.8 Å². The van der Waals surface area contributed by atoms with E-state index in [4.69, 9.17) is 4.74 Å². The van der Waals surface area contributed by atoms with Crippen LogP contribution in [0.4, 0.5) is 4.79 Å². The molecule has 2 aromatic carbocycles. The molecule has 2 atom stereocenters. The molecule has 0 aliphatic carbocycles. The lowest BCUT2D eigenvalue weighted by Gasteiger charge is -2.26. The van der Waals surface area contributed by atoms with Crippen LogP contribution in [-0.4, -0.2) is 28.7 Å². The number of carbonyl (C=O) groups excluding carboxylic acids is 1. The molecule has 1 N–H and O–H groups in total. The van der Waals surface area contributed by atoms with Gasteiger partial charge in [-0.1, -0.05) is 60.7 Å². The van der Waals surface area contributed by atoms with Gasteiger partial charge in [0.2, 0.25) is 0 Å². The predicted octanol–water partition coefficient (Wildman–Crippen LogP) is 3.13. The van der Waals surface area contributed by atoms with Gasteiger partial charge < -0.3 is 9.84 Å². The normalized spacial score (nSPS) is 20.9. The van der Waals surface area contributed by atoms with Crippen molar-refractivity contribution in [3.63, 3.8) is 0 Å². The number of ether oxygens (including phenoxy) is 1. The van der Waals surface area contributed by atoms with Gasteiger partial charge in [-0.2, -0.15) is 0 Å². The zero-order valence-corrected chi connectivity index (χ0v) is 12.3. The summed E-state index contributed by atoms with van der Waals surface area (Å²) in [6.45, 7) is 0.752. The second-order valence-electron chi connectivity index (χ2n) is 5.45. The molecule has 1 saturated heterocycles. The molecule has 22 heavy (non-hydrogen) atoms. The fourth-order valence-corrected chi connectivity index (χ4v) is 2.84. The maximum absolute atomic E-state index is 12.3. The van der Waals surface area contributed by atoms with Gasteiger partial charge >= 0.3 is 6.09 Å². The molecular formula is C18H19NO3. The van der Waals surface area contributed by atoms with Crippen molar-refractivity contribution >= 4 is 6.09 Å². The molecule has 0 radical (unpaired) electrons. The lowest BCUT2D eigenvalue weighted by molar-refractivity contribution is 0.0715. The standard InChI is InChI=1S/C18H19NO3/c20-16-11-12-19(17(16)15-9-5-2-6-10-15)18(21)22-13-14-7-3-1-4-8-14/h1-10,16-17,20H,11-13H2/t16-,17-/m1/s1. The average Bonchev–Trinajstić information content (AvgIpc) is 2.96. The SMILES string of the molecule is O=C(OCc1ccccc1)N1CC[C@@H](O)[C@H]1c1ccccc1.